The molecule has 3 N–H and O–H groups in total. The van der Waals surface area contributed by atoms with Gasteiger partial charge < -0.3 is 11.1 Å². The molecule has 0 saturated carbocycles. The van der Waals surface area contributed by atoms with Crippen LogP contribution in [-0.2, 0) is 0 Å². The molecule has 0 saturated heterocycles. The highest BCUT2D eigenvalue weighted by atomic mass is 32.1. The third-order valence-corrected chi connectivity index (χ3v) is 2.11. The van der Waals surface area contributed by atoms with Crippen molar-refractivity contribution in [2.75, 3.05) is 13.1 Å². The van der Waals surface area contributed by atoms with Gasteiger partial charge in [-0.1, -0.05) is 4.49 Å². The van der Waals surface area contributed by atoms with Crippen LogP contribution in [0.2, 0.25) is 0 Å². The lowest BCUT2D eigenvalue weighted by molar-refractivity contribution is 0.0958. The SMILES string of the molecule is Cc1nnsc1C(=O)NCCN. The van der Waals surface area contributed by atoms with Crippen molar-refractivity contribution >= 4 is 17.4 Å². The van der Waals surface area contributed by atoms with Crippen LogP contribution in [0.1, 0.15) is 15.4 Å². The number of nitrogens with zero attached hydrogens (tertiary/aromatic N) is 2. The van der Waals surface area contributed by atoms with E-state index in [0.717, 1.165) is 11.5 Å². The highest BCUT2D eigenvalue weighted by molar-refractivity contribution is 7.07. The predicted octanol–water partition coefficient (Wildman–Crippen LogP) is -0.465. The van der Waals surface area contributed by atoms with Gasteiger partial charge in [0.15, 0.2) is 0 Å². The van der Waals surface area contributed by atoms with Crippen LogP contribution in [-0.4, -0.2) is 28.6 Å². The molecule has 0 unspecified atom stereocenters. The lowest BCUT2D eigenvalue weighted by Crippen LogP contribution is -2.28. The maximum atomic E-state index is 11.2. The summed E-state index contributed by atoms with van der Waals surface area (Å²) in [5.74, 6) is -0.145. The molecule has 0 aliphatic rings. The van der Waals surface area contributed by atoms with Crippen LogP contribution >= 0.6 is 11.5 Å². The molecule has 6 heteroatoms. The van der Waals surface area contributed by atoms with Crippen LogP contribution < -0.4 is 11.1 Å². The van der Waals surface area contributed by atoms with Crippen molar-refractivity contribution < 1.29 is 4.79 Å². The number of hydrogen-bond donors (Lipinski definition) is 2. The van der Waals surface area contributed by atoms with Gasteiger partial charge in [0.1, 0.15) is 4.88 Å². The summed E-state index contributed by atoms with van der Waals surface area (Å²) < 4.78 is 3.65. The lowest BCUT2D eigenvalue weighted by atomic mass is 10.4. The van der Waals surface area contributed by atoms with Crippen molar-refractivity contribution in [2.24, 2.45) is 5.73 Å². The molecule has 0 aliphatic heterocycles. The average molecular weight is 186 g/mol. The molecule has 1 rings (SSSR count). The summed E-state index contributed by atoms with van der Waals surface area (Å²) in [5, 5.41) is 6.36. The van der Waals surface area contributed by atoms with E-state index in [-0.39, 0.29) is 5.91 Å². The Morgan fingerprint density at radius 3 is 3.00 bits per heavy atom. The number of hydrogen-bond acceptors (Lipinski definition) is 5. The Hall–Kier alpha value is -1.01. The highest BCUT2D eigenvalue weighted by Crippen LogP contribution is 2.07. The Morgan fingerprint density at radius 2 is 2.50 bits per heavy atom. The van der Waals surface area contributed by atoms with E-state index in [9.17, 15) is 4.79 Å². The fraction of sp³-hybridized carbons (Fsp3) is 0.500. The van der Waals surface area contributed by atoms with Crippen molar-refractivity contribution in [2.45, 2.75) is 6.92 Å². The number of aryl methyl sites for hydroxylation is 1. The minimum Gasteiger partial charge on any atom is -0.350 e. The van der Waals surface area contributed by atoms with Gasteiger partial charge in [-0.05, 0) is 18.5 Å². The van der Waals surface area contributed by atoms with E-state index in [4.69, 9.17) is 5.73 Å². The molecule has 0 bridgehead atoms. The van der Waals surface area contributed by atoms with Gasteiger partial charge in [-0.2, -0.15) is 0 Å². The first-order valence-electron chi connectivity index (χ1n) is 3.53. The fourth-order valence-electron chi connectivity index (χ4n) is 0.706. The molecule has 0 fully saturated rings. The molecule has 0 atom stereocenters. The average Bonchev–Trinajstić information content (AvgIpc) is 2.47. The van der Waals surface area contributed by atoms with Crippen LogP contribution in [0.15, 0.2) is 0 Å². The minimum absolute atomic E-state index is 0.145. The van der Waals surface area contributed by atoms with Crippen molar-refractivity contribution in [3.8, 4) is 0 Å². The number of rotatable bonds is 3. The van der Waals surface area contributed by atoms with Crippen LogP contribution in [0.3, 0.4) is 0 Å². The number of nitrogens with two attached hydrogens (primary N) is 1. The van der Waals surface area contributed by atoms with Gasteiger partial charge in [0.25, 0.3) is 5.91 Å². The Bertz CT molecular complexity index is 272. The number of amides is 1. The quantitative estimate of drug-likeness (QED) is 0.669. The number of aromatic nitrogens is 2. The zero-order valence-corrected chi connectivity index (χ0v) is 7.52. The van der Waals surface area contributed by atoms with Crippen LogP contribution in [0.5, 0.6) is 0 Å². The molecule has 1 amide bonds. The van der Waals surface area contributed by atoms with E-state index >= 15 is 0 Å². The summed E-state index contributed by atoms with van der Waals surface area (Å²) in [6, 6.07) is 0. The van der Waals surface area contributed by atoms with Crippen LogP contribution in [0.4, 0.5) is 0 Å². The van der Waals surface area contributed by atoms with Crippen LogP contribution in [0.25, 0.3) is 0 Å². The molecule has 0 aromatic carbocycles. The molecule has 0 aliphatic carbocycles. The van der Waals surface area contributed by atoms with Crippen molar-refractivity contribution in [3.63, 3.8) is 0 Å². The normalized spacial score (nSPS) is 9.83. The standard InChI is InChI=1S/C6H10N4OS/c1-4-5(12-10-9-4)6(11)8-3-2-7/h2-3,7H2,1H3,(H,8,11). The lowest BCUT2D eigenvalue weighted by Gasteiger charge is -1.99. The van der Waals surface area contributed by atoms with E-state index in [2.05, 4.69) is 14.9 Å². The zero-order valence-electron chi connectivity index (χ0n) is 6.70. The first-order chi connectivity index (χ1) is 5.75. The van der Waals surface area contributed by atoms with Gasteiger partial charge in [-0.15, -0.1) is 5.10 Å². The summed E-state index contributed by atoms with van der Waals surface area (Å²) in [5.41, 5.74) is 5.89. The Labute approximate surface area is 74.1 Å². The van der Waals surface area contributed by atoms with Gasteiger partial charge in [0.05, 0.1) is 5.69 Å². The van der Waals surface area contributed by atoms with Gasteiger partial charge in [0, 0.05) is 13.1 Å². The Kier molecular flexibility index (Phi) is 3.12. The molecular weight excluding hydrogens is 176 g/mol. The summed E-state index contributed by atoms with van der Waals surface area (Å²) in [7, 11) is 0. The van der Waals surface area contributed by atoms with E-state index in [1.807, 2.05) is 0 Å². The molecule has 12 heavy (non-hydrogen) atoms. The molecule has 66 valence electrons. The minimum atomic E-state index is -0.145. The molecule has 5 nitrogen and oxygen atoms in total. The first-order valence-corrected chi connectivity index (χ1v) is 4.30. The predicted molar refractivity (Wildman–Crippen MR) is 46.0 cm³/mol. The molecule has 1 aromatic heterocycles. The van der Waals surface area contributed by atoms with E-state index < -0.39 is 0 Å². The molecule has 0 radical (unpaired) electrons. The second-order valence-electron chi connectivity index (χ2n) is 2.23. The van der Waals surface area contributed by atoms with Gasteiger partial charge >= 0.3 is 0 Å². The topological polar surface area (TPSA) is 80.9 Å². The molecular formula is C6H10N4OS. The summed E-state index contributed by atoms with van der Waals surface area (Å²) in [6.07, 6.45) is 0. The van der Waals surface area contributed by atoms with Crippen LogP contribution in [0, 0.1) is 6.92 Å². The smallest absolute Gasteiger partial charge is 0.264 e. The zero-order chi connectivity index (χ0) is 8.97. The molecule has 1 aromatic rings. The Balaban J connectivity index is 2.59. The monoisotopic (exact) mass is 186 g/mol. The largest absolute Gasteiger partial charge is 0.350 e. The summed E-state index contributed by atoms with van der Waals surface area (Å²) in [4.78, 5) is 11.8. The summed E-state index contributed by atoms with van der Waals surface area (Å²) >= 11 is 1.09. The first kappa shape index (κ1) is 9.08. The van der Waals surface area contributed by atoms with Gasteiger partial charge in [-0.25, -0.2) is 0 Å². The highest BCUT2D eigenvalue weighted by Gasteiger charge is 2.11. The maximum absolute atomic E-state index is 11.2. The number of carbonyl (C=O) groups is 1. The summed E-state index contributed by atoms with van der Waals surface area (Å²) in [6.45, 7) is 2.67. The van der Waals surface area contributed by atoms with Gasteiger partial charge in [0.2, 0.25) is 0 Å². The third kappa shape index (κ3) is 1.99. The number of nitrogens with one attached hydrogen (secondary N) is 1. The second-order valence-corrected chi connectivity index (χ2v) is 2.99. The van der Waals surface area contributed by atoms with Crippen molar-refractivity contribution in [1.82, 2.24) is 14.9 Å². The maximum Gasteiger partial charge on any atom is 0.264 e. The van der Waals surface area contributed by atoms with Gasteiger partial charge in [-0.3, -0.25) is 4.79 Å². The van der Waals surface area contributed by atoms with Crippen molar-refractivity contribution in [3.05, 3.63) is 10.6 Å². The van der Waals surface area contributed by atoms with Crippen molar-refractivity contribution in [1.29, 1.82) is 0 Å². The molecule has 1 heterocycles. The fourth-order valence-corrected chi connectivity index (χ4v) is 1.28. The molecule has 0 spiro atoms. The second kappa shape index (κ2) is 4.13. The number of carbonyl (C=O) groups excluding carboxylic acids is 1. The Morgan fingerprint density at radius 1 is 1.75 bits per heavy atom. The van der Waals surface area contributed by atoms with E-state index in [0.29, 0.717) is 23.7 Å². The van der Waals surface area contributed by atoms with E-state index in [1.165, 1.54) is 0 Å². The third-order valence-electron chi connectivity index (χ3n) is 1.29. The van der Waals surface area contributed by atoms with E-state index in [1.54, 1.807) is 6.92 Å².